The first-order chi connectivity index (χ1) is 9.81. The minimum absolute atomic E-state index is 0.265. The Balaban J connectivity index is 1.86. The zero-order valence-corrected chi connectivity index (χ0v) is 12.1. The Kier molecular flexibility index (Phi) is 5.59. The molecule has 0 aliphatic rings. The van der Waals surface area contributed by atoms with Crippen molar-refractivity contribution < 1.29 is 4.74 Å². The van der Waals surface area contributed by atoms with Crippen LogP contribution in [-0.2, 0) is 0 Å². The second kappa shape index (κ2) is 7.68. The van der Waals surface area contributed by atoms with E-state index in [1.807, 2.05) is 24.3 Å². The average Bonchev–Trinajstić information content (AvgIpc) is 2.46. The molecule has 0 amide bonds. The lowest BCUT2D eigenvalue weighted by Gasteiger charge is -2.08. The van der Waals surface area contributed by atoms with Crippen molar-refractivity contribution in [3.63, 3.8) is 0 Å². The van der Waals surface area contributed by atoms with Gasteiger partial charge in [0.15, 0.2) is 0 Å². The molecule has 4 heteroatoms. The number of rotatable bonds is 8. The molecule has 1 heterocycles. The number of nitrogen functional groups attached to an aromatic ring is 1. The van der Waals surface area contributed by atoms with Gasteiger partial charge in [-0.1, -0.05) is 51.2 Å². The number of hydrogen-bond donors (Lipinski definition) is 1. The number of anilines is 1. The summed E-state index contributed by atoms with van der Waals surface area (Å²) in [6, 6.07) is 7.78. The van der Waals surface area contributed by atoms with Gasteiger partial charge in [-0.3, -0.25) is 0 Å². The van der Waals surface area contributed by atoms with E-state index in [9.17, 15) is 0 Å². The molecule has 0 atom stereocenters. The molecule has 1 aromatic carbocycles. The molecule has 0 radical (unpaired) electrons. The minimum Gasteiger partial charge on any atom is -0.477 e. The van der Waals surface area contributed by atoms with E-state index in [1.54, 1.807) is 0 Å². The zero-order valence-electron chi connectivity index (χ0n) is 12.1. The van der Waals surface area contributed by atoms with Crippen molar-refractivity contribution in [3.8, 4) is 5.88 Å². The van der Waals surface area contributed by atoms with Gasteiger partial charge in [-0.2, -0.15) is 4.98 Å². The molecule has 2 aromatic rings. The minimum atomic E-state index is 0.265. The van der Waals surface area contributed by atoms with Crippen molar-refractivity contribution in [2.45, 2.75) is 45.4 Å². The summed E-state index contributed by atoms with van der Waals surface area (Å²) in [6.07, 6.45) is 7.47. The molecule has 0 unspecified atom stereocenters. The van der Waals surface area contributed by atoms with E-state index in [1.165, 1.54) is 32.1 Å². The highest BCUT2D eigenvalue weighted by molar-refractivity contribution is 5.84. The Morgan fingerprint density at radius 3 is 2.60 bits per heavy atom. The Morgan fingerprint density at radius 1 is 1.00 bits per heavy atom. The van der Waals surface area contributed by atoms with E-state index in [4.69, 9.17) is 10.5 Å². The van der Waals surface area contributed by atoms with Gasteiger partial charge in [0.05, 0.1) is 17.5 Å². The number of fused-ring (bicyclic) bond motifs is 1. The molecule has 0 saturated carbocycles. The lowest BCUT2D eigenvalue weighted by atomic mass is 10.1. The lowest BCUT2D eigenvalue weighted by Crippen LogP contribution is -2.03. The molecule has 4 nitrogen and oxygen atoms in total. The maximum Gasteiger partial charge on any atom is 0.226 e. The number of unbranched alkanes of at least 4 members (excludes halogenated alkanes) is 5. The quantitative estimate of drug-likeness (QED) is 0.740. The van der Waals surface area contributed by atoms with Gasteiger partial charge in [-0.25, -0.2) is 4.98 Å². The van der Waals surface area contributed by atoms with Crippen LogP contribution >= 0.6 is 0 Å². The molecule has 20 heavy (non-hydrogen) atoms. The maximum absolute atomic E-state index is 5.78. The fraction of sp³-hybridized carbons (Fsp3) is 0.500. The molecule has 1 aromatic heterocycles. The predicted octanol–water partition coefficient (Wildman–Crippen LogP) is 3.95. The van der Waals surface area contributed by atoms with Crippen LogP contribution in [0.5, 0.6) is 5.88 Å². The number of ether oxygens (including phenoxy) is 1. The summed E-state index contributed by atoms with van der Waals surface area (Å²) in [7, 11) is 0. The van der Waals surface area contributed by atoms with Crippen LogP contribution in [0.25, 0.3) is 10.9 Å². The van der Waals surface area contributed by atoms with Crippen LogP contribution < -0.4 is 10.5 Å². The molecule has 0 aliphatic heterocycles. The first-order valence-corrected chi connectivity index (χ1v) is 7.46. The first-order valence-electron chi connectivity index (χ1n) is 7.46. The highest BCUT2D eigenvalue weighted by Crippen LogP contribution is 2.23. The van der Waals surface area contributed by atoms with Gasteiger partial charge in [0.25, 0.3) is 0 Å². The molecule has 0 fully saturated rings. The molecule has 0 aliphatic carbocycles. The van der Waals surface area contributed by atoms with E-state index < -0.39 is 0 Å². The summed E-state index contributed by atoms with van der Waals surface area (Å²) in [4.78, 5) is 8.39. The summed E-state index contributed by atoms with van der Waals surface area (Å²) < 4.78 is 5.78. The summed E-state index contributed by atoms with van der Waals surface area (Å²) in [5, 5.41) is 0.924. The third-order valence-electron chi connectivity index (χ3n) is 3.32. The van der Waals surface area contributed by atoms with Gasteiger partial charge in [0.2, 0.25) is 11.8 Å². The third-order valence-corrected chi connectivity index (χ3v) is 3.32. The van der Waals surface area contributed by atoms with Crippen molar-refractivity contribution in [1.29, 1.82) is 0 Å². The van der Waals surface area contributed by atoms with Crippen molar-refractivity contribution in [2.24, 2.45) is 0 Å². The van der Waals surface area contributed by atoms with Crippen LogP contribution in [0.2, 0.25) is 0 Å². The molecule has 2 rings (SSSR count). The van der Waals surface area contributed by atoms with E-state index in [-0.39, 0.29) is 5.95 Å². The Labute approximate surface area is 120 Å². The average molecular weight is 273 g/mol. The monoisotopic (exact) mass is 273 g/mol. The number of hydrogen-bond acceptors (Lipinski definition) is 4. The van der Waals surface area contributed by atoms with Crippen LogP contribution in [0.1, 0.15) is 45.4 Å². The fourth-order valence-electron chi connectivity index (χ4n) is 2.23. The first kappa shape index (κ1) is 14.6. The van der Waals surface area contributed by atoms with E-state index in [0.29, 0.717) is 12.5 Å². The zero-order chi connectivity index (χ0) is 14.2. The summed E-state index contributed by atoms with van der Waals surface area (Å²) in [6.45, 7) is 2.92. The van der Waals surface area contributed by atoms with Gasteiger partial charge in [0, 0.05) is 0 Å². The number of benzene rings is 1. The Hall–Kier alpha value is -1.84. The predicted molar refractivity (Wildman–Crippen MR) is 82.8 cm³/mol. The number of nitrogens with zero attached hydrogens (tertiary/aromatic N) is 2. The fourth-order valence-corrected chi connectivity index (χ4v) is 2.23. The molecular weight excluding hydrogens is 250 g/mol. The third kappa shape index (κ3) is 4.08. The Morgan fingerprint density at radius 2 is 1.75 bits per heavy atom. The van der Waals surface area contributed by atoms with Gasteiger partial charge in [-0.15, -0.1) is 0 Å². The van der Waals surface area contributed by atoms with Gasteiger partial charge >= 0.3 is 0 Å². The summed E-state index contributed by atoms with van der Waals surface area (Å²) in [5.41, 5.74) is 6.54. The smallest absolute Gasteiger partial charge is 0.226 e. The van der Waals surface area contributed by atoms with Crippen molar-refractivity contribution >= 4 is 16.9 Å². The molecule has 2 N–H and O–H groups in total. The molecule has 108 valence electrons. The second-order valence-corrected chi connectivity index (χ2v) is 5.02. The van der Waals surface area contributed by atoms with Gasteiger partial charge < -0.3 is 10.5 Å². The summed E-state index contributed by atoms with van der Waals surface area (Å²) in [5.74, 6) is 0.864. The van der Waals surface area contributed by atoms with Gasteiger partial charge in [0.1, 0.15) is 0 Å². The van der Waals surface area contributed by atoms with Gasteiger partial charge in [-0.05, 0) is 18.6 Å². The topological polar surface area (TPSA) is 61.0 Å². The van der Waals surface area contributed by atoms with Crippen LogP contribution in [0.15, 0.2) is 24.3 Å². The van der Waals surface area contributed by atoms with Crippen LogP contribution in [0.4, 0.5) is 5.95 Å². The normalized spacial score (nSPS) is 10.8. The van der Waals surface area contributed by atoms with E-state index in [0.717, 1.165) is 17.3 Å². The lowest BCUT2D eigenvalue weighted by molar-refractivity contribution is 0.297. The van der Waals surface area contributed by atoms with Crippen LogP contribution in [0.3, 0.4) is 0 Å². The number of nitrogens with two attached hydrogens (primary N) is 1. The van der Waals surface area contributed by atoms with Crippen molar-refractivity contribution in [2.75, 3.05) is 12.3 Å². The van der Waals surface area contributed by atoms with E-state index in [2.05, 4.69) is 16.9 Å². The maximum atomic E-state index is 5.78. The SMILES string of the molecule is CCCCCCCCOc1nc(N)nc2ccccc12. The van der Waals surface area contributed by atoms with Crippen molar-refractivity contribution in [1.82, 2.24) is 9.97 Å². The van der Waals surface area contributed by atoms with Crippen molar-refractivity contribution in [3.05, 3.63) is 24.3 Å². The summed E-state index contributed by atoms with van der Waals surface area (Å²) >= 11 is 0. The molecular formula is C16H23N3O. The molecule has 0 saturated heterocycles. The standard InChI is InChI=1S/C16H23N3O/c1-2-3-4-5-6-9-12-20-15-13-10-7-8-11-14(13)18-16(17)19-15/h7-8,10-11H,2-6,9,12H2,1H3,(H2,17,18,19). The largest absolute Gasteiger partial charge is 0.477 e. The number of aromatic nitrogens is 2. The molecule has 0 bridgehead atoms. The Bertz CT molecular complexity index is 542. The number of para-hydroxylation sites is 1. The highest BCUT2D eigenvalue weighted by Gasteiger charge is 2.06. The van der Waals surface area contributed by atoms with Crippen LogP contribution in [0, 0.1) is 0 Å². The molecule has 0 spiro atoms. The highest BCUT2D eigenvalue weighted by atomic mass is 16.5. The van der Waals surface area contributed by atoms with Crippen LogP contribution in [-0.4, -0.2) is 16.6 Å². The van der Waals surface area contributed by atoms with E-state index >= 15 is 0 Å². The second-order valence-electron chi connectivity index (χ2n) is 5.02.